The number of guanidine groups is 1. The molecule has 28 heavy (non-hydrogen) atoms. The zero-order valence-electron chi connectivity index (χ0n) is 17.2. The summed E-state index contributed by atoms with van der Waals surface area (Å²) in [7, 11) is 3.53. The standard InChI is InChI=1S/C21H34N4O3/c1-22-21(25-11-9-17(15-25)16-27-13-12-26-2)24-14-18-6-5-10-23-20(18)28-19-7-3-4-8-19/h5-6,10,17,19H,3-4,7-9,11-16H2,1-2H3,(H,22,24). The lowest BCUT2D eigenvalue weighted by atomic mass is 10.1. The van der Waals surface area contributed by atoms with Crippen LogP contribution in [0.1, 0.15) is 37.7 Å². The minimum absolute atomic E-state index is 0.311. The smallest absolute Gasteiger partial charge is 0.218 e. The molecule has 1 aromatic heterocycles. The molecule has 7 nitrogen and oxygen atoms in total. The summed E-state index contributed by atoms with van der Waals surface area (Å²) in [6.07, 6.45) is 8.00. The second-order valence-corrected chi connectivity index (χ2v) is 7.56. The molecule has 0 amide bonds. The summed E-state index contributed by atoms with van der Waals surface area (Å²) in [4.78, 5) is 11.2. The van der Waals surface area contributed by atoms with E-state index < -0.39 is 0 Å². The zero-order valence-corrected chi connectivity index (χ0v) is 17.2. The number of nitrogens with zero attached hydrogens (tertiary/aromatic N) is 3. The largest absolute Gasteiger partial charge is 0.474 e. The van der Waals surface area contributed by atoms with Gasteiger partial charge in [-0.1, -0.05) is 6.07 Å². The number of aromatic nitrogens is 1. The van der Waals surface area contributed by atoms with Gasteiger partial charge in [-0.05, 0) is 38.2 Å². The Bertz CT molecular complexity index is 619. The van der Waals surface area contributed by atoms with Gasteiger partial charge in [0.25, 0.3) is 0 Å². The van der Waals surface area contributed by atoms with Crippen molar-refractivity contribution in [2.45, 2.75) is 44.8 Å². The zero-order chi connectivity index (χ0) is 19.6. The topological polar surface area (TPSA) is 68.2 Å². The molecule has 2 heterocycles. The first-order valence-electron chi connectivity index (χ1n) is 10.4. The second-order valence-electron chi connectivity index (χ2n) is 7.56. The van der Waals surface area contributed by atoms with Gasteiger partial charge in [0, 0.05) is 51.5 Å². The second kappa shape index (κ2) is 11.2. The first kappa shape index (κ1) is 20.9. The van der Waals surface area contributed by atoms with Crippen molar-refractivity contribution in [3.63, 3.8) is 0 Å². The SMILES string of the molecule is CN=C(NCc1cccnc1OC1CCCC1)N1CCC(COCCOC)C1. The number of hydrogen-bond donors (Lipinski definition) is 1. The fourth-order valence-corrected chi connectivity index (χ4v) is 3.89. The van der Waals surface area contributed by atoms with Crippen LogP contribution in [-0.2, 0) is 16.0 Å². The van der Waals surface area contributed by atoms with Crippen molar-refractivity contribution in [1.29, 1.82) is 0 Å². The summed E-state index contributed by atoms with van der Waals surface area (Å²) in [5.41, 5.74) is 1.08. The number of ether oxygens (including phenoxy) is 3. The number of rotatable bonds is 9. The van der Waals surface area contributed by atoms with Gasteiger partial charge in [-0.3, -0.25) is 4.99 Å². The highest BCUT2D eigenvalue weighted by Crippen LogP contribution is 2.25. The van der Waals surface area contributed by atoms with Crippen molar-refractivity contribution >= 4 is 5.96 Å². The lowest BCUT2D eigenvalue weighted by Gasteiger charge is -2.22. The summed E-state index contributed by atoms with van der Waals surface area (Å²) in [5, 5.41) is 3.49. The quantitative estimate of drug-likeness (QED) is 0.397. The molecule has 2 fully saturated rings. The highest BCUT2D eigenvalue weighted by atomic mass is 16.5. The van der Waals surface area contributed by atoms with E-state index in [0.717, 1.165) is 56.4 Å². The van der Waals surface area contributed by atoms with Crippen molar-refractivity contribution in [1.82, 2.24) is 15.2 Å². The lowest BCUT2D eigenvalue weighted by molar-refractivity contribution is 0.0536. The van der Waals surface area contributed by atoms with Crippen molar-refractivity contribution in [3.8, 4) is 5.88 Å². The summed E-state index contributed by atoms with van der Waals surface area (Å²) in [6.45, 7) is 4.70. The minimum atomic E-state index is 0.311. The van der Waals surface area contributed by atoms with Crippen LogP contribution in [0.25, 0.3) is 0 Å². The Hall–Kier alpha value is -1.86. The number of aliphatic imine (C=N–C) groups is 1. The Balaban J connectivity index is 1.48. The van der Waals surface area contributed by atoms with E-state index in [1.54, 1.807) is 13.3 Å². The third-order valence-corrected chi connectivity index (χ3v) is 5.45. The van der Waals surface area contributed by atoms with E-state index in [1.165, 1.54) is 12.8 Å². The van der Waals surface area contributed by atoms with E-state index in [1.807, 2.05) is 13.1 Å². The highest BCUT2D eigenvalue weighted by molar-refractivity contribution is 5.80. The van der Waals surface area contributed by atoms with E-state index >= 15 is 0 Å². The first-order chi connectivity index (χ1) is 13.8. The molecule has 156 valence electrons. The third-order valence-electron chi connectivity index (χ3n) is 5.45. The van der Waals surface area contributed by atoms with Crippen LogP contribution in [-0.4, -0.2) is 69.0 Å². The maximum absolute atomic E-state index is 6.15. The fourth-order valence-electron chi connectivity index (χ4n) is 3.89. The lowest BCUT2D eigenvalue weighted by Crippen LogP contribution is -2.40. The van der Waals surface area contributed by atoms with Gasteiger partial charge in [0.05, 0.1) is 19.8 Å². The van der Waals surface area contributed by atoms with Crippen molar-refractivity contribution in [3.05, 3.63) is 23.9 Å². The number of hydrogen-bond acceptors (Lipinski definition) is 5. The van der Waals surface area contributed by atoms with Crippen molar-refractivity contribution in [2.24, 2.45) is 10.9 Å². The molecule has 1 aliphatic heterocycles. The average molecular weight is 391 g/mol. The summed E-state index contributed by atoms with van der Waals surface area (Å²) >= 11 is 0. The maximum Gasteiger partial charge on any atom is 0.218 e. The molecule has 1 unspecified atom stereocenters. The predicted octanol–water partition coefficient (Wildman–Crippen LogP) is 2.46. The third kappa shape index (κ3) is 6.07. The summed E-state index contributed by atoms with van der Waals surface area (Å²) < 4.78 is 16.9. The van der Waals surface area contributed by atoms with Crippen LogP contribution in [0.3, 0.4) is 0 Å². The number of methoxy groups -OCH3 is 1. The average Bonchev–Trinajstić information content (AvgIpc) is 3.39. The van der Waals surface area contributed by atoms with Crippen LogP contribution in [0.2, 0.25) is 0 Å². The highest BCUT2D eigenvalue weighted by Gasteiger charge is 2.25. The number of likely N-dealkylation sites (tertiary alicyclic amines) is 1. The first-order valence-corrected chi connectivity index (χ1v) is 10.4. The summed E-state index contributed by atoms with van der Waals surface area (Å²) in [6, 6.07) is 4.04. The van der Waals surface area contributed by atoms with Crippen molar-refractivity contribution in [2.75, 3.05) is 47.1 Å². The Kier molecular flexibility index (Phi) is 8.36. The van der Waals surface area contributed by atoms with Gasteiger partial charge >= 0.3 is 0 Å². The van der Waals surface area contributed by atoms with Gasteiger partial charge in [-0.15, -0.1) is 0 Å². The molecule has 1 saturated carbocycles. The van der Waals surface area contributed by atoms with E-state index in [2.05, 4.69) is 26.3 Å². The van der Waals surface area contributed by atoms with Gasteiger partial charge in [0.15, 0.2) is 5.96 Å². The molecular formula is C21H34N4O3. The van der Waals surface area contributed by atoms with Gasteiger partial charge < -0.3 is 24.4 Å². The van der Waals surface area contributed by atoms with Crippen LogP contribution < -0.4 is 10.1 Å². The van der Waals surface area contributed by atoms with E-state index in [9.17, 15) is 0 Å². The van der Waals surface area contributed by atoms with Crippen LogP contribution in [0, 0.1) is 5.92 Å². The summed E-state index contributed by atoms with van der Waals surface area (Å²) in [5.74, 6) is 2.22. The number of nitrogens with one attached hydrogen (secondary N) is 1. The van der Waals surface area contributed by atoms with Gasteiger partial charge in [-0.25, -0.2) is 4.98 Å². The van der Waals surface area contributed by atoms with Crippen LogP contribution in [0.15, 0.2) is 23.3 Å². The van der Waals surface area contributed by atoms with E-state index in [4.69, 9.17) is 14.2 Å². The van der Waals surface area contributed by atoms with Crippen LogP contribution >= 0.6 is 0 Å². The van der Waals surface area contributed by atoms with Crippen molar-refractivity contribution < 1.29 is 14.2 Å². The van der Waals surface area contributed by atoms with E-state index in [-0.39, 0.29) is 0 Å². The fraction of sp³-hybridized carbons (Fsp3) is 0.714. The molecule has 2 aliphatic rings. The van der Waals surface area contributed by atoms with Crippen LogP contribution in [0.5, 0.6) is 5.88 Å². The van der Waals surface area contributed by atoms with Gasteiger partial charge in [-0.2, -0.15) is 0 Å². The Labute approximate surface area is 168 Å². The Morgan fingerprint density at radius 1 is 1.29 bits per heavy atom. The number of pyridine rings is 1. The molecule has 1 N–H and O–H groups in total. The molecule has 0 radical (unpaired) electrons. The predicted molar refractivity (Wildman–Crippen MR) is 110 cm³/mol. The molecule has 7 heteroatoms. The maximum atomic E-state index is 6.15. The normalized spacial score (nSPS) is 20.7. The van der Waals surface area contributed by atoms with Crippen LogP contribution in [0.4, 0.5) is 0 Å². The minimum Gasteiger partial charge on any atom is -0.474 e. The Morgan fingerprint density at radius 3 is 2.93 bits per heavy atom. The molecule has 1 atom stereocenters. The molecule has 0 aromatic carbocycles. The molecular weight excluding hydrogens is 356 g/mol. The van der Waals surface area contributed by atoms with E-state index in [0.29, 0.717) is 31.8 Å². The van der Waals surface area contributed by atoms with Gasteiger partial charge in [0.1, 0.15) is 6.10 Å². The molecule has 1 aromatic rings. The van der Waals surface area contributed by atoms with Gasteiger partial charge in [0.2, 0.25) is 5.88 Å². The molecule has 0 bridgehead atoms. The molecule has 0 spiro atoms. The molecule has 1 saturated heterocycles. The monoisotopic (exact) mass is 390 g/mol. The Morgan fingerprint density at radius 2 is 2.14 bits per heavy atom. The molecule has 1 aliphatic carbocycles. The molecule has 3 rings (SSSR count).